The van der Waals surface area contributed by atoms with Crippen LogP contribution in [0.1, 0.15) is 71.2 Å². The maximum atomic E-state index is 13.8. The monoisotopic (exact) mass is 571 g/mol. The van der Waals surface area contributed by atoms with Crippen molar-refractivity contribution >= 4 is 17.2 Å². The molecule has 4 aromatic rings. The molecule has 0 bridgehead atoms. The lowest BCUT2D eigenvalue weighted by Crippen LogP contribution is -2.42. The Morgan fingerprint density at radius 3 is 2.39 bits per heavy atom. The molecule has 3 heterocycles. The minimum absolute atomic E-state index is 0.0295. The lowest BCUT2D eigenvalue weighted by Gasteiger charge is -2.35. The van der Waals surface area contributed by atoms with Crippen molar-refractivity contribution in [2.24, 2.45) is 16.8 Å². The second-order valence-electron chi connectivity index (χ2n) is 11.5. The number of nitrogens with one attached hydrogen (secondary N) is 1. The van der Waals surface area contributed by atoms with Crippen LogP contribution < -0.4 is 22.7 Å². The third-order valence-corrected chi connectivity index (χ3v) is 9.56. The molecule has 2 aromatic heterocycles. The van der Waals surface area contributed by atoms with E-state index in [4.69, 9.17) is 16.7 Å². The summed E-state index contributed by atoms with van der Waals surface area (Å²) in [5.41, 5.74) is 7.77. The molecule has 41 heavy (non-hydrogen) atoms. The van der Waals surface area contributed by atoms with Crippen LogP contribution in [0, 0.1) is 13.8 Å². The van der Waals surface area contributed by atoms with Crippen LogP contribution in [0.4, 0.5) is 0 Å². The Kier molecular flexibility index (Phi) is 7.37. The Bertz CT molecular complexity index is 1670. The Hall–Kier alpha value is -3.83. The summed E-state index contributed by atoms with van der Waals surface area (Å²) >= 11 is 1.65. The van der Waals surface area contributed by atoms with Gasteiger partial charge in [0.05, 0.1) is 17.6 Å². The number of thiophene rings is 1. The Morgan fingerprint density at radius 2 is 1.76 bits per heavy atom. The van der Waals surface area contributed by atoms with Gasteiger partial charge in [0.15, 0.2) is 5.84 Å². The zero-order valence-electron chi connectivity index (χ0n) is 24.3. The summed E-state index contributed by atoms with van der Waals surface area (Å²) in [6.07, 6.45) is 0.472. The predicted molar refractivity (Wildman–Crippen MR) is 164 cm³/mol. The molecule has 2 aromatic carbocycles. The van der Waals surface area contributed by atoms with Gasteiger partial charge in [0.1, 0.15) is 5.82 Å². The minimum Gasteiger partial charge on any atom is -0.321 e. The number of amidine groups is 1. The predicted octanol–water partition coefficient (Wildman–Crippen LogP) is 4.49. The molecule has 0 atom stereocenters. The van der Waals surface area contributed by atoms with Crippen molar-refractivity contribution in [1.82, 2.24) is 20.0 Å². The van der Waals surface area contributed by atoms with Crippen molar-refractivity contribution in [2.45, 2.75) is 65.6 Å². The van der Waals surface area contributed by atoms with Gasteiger partial charge < -0.3 is 16.5 Å². The molecule has 0 aliphatic carbocycles. The SMILES string of the molecule is Cc1nc(C)n(Cc2cc3c(s2)C(C)(C)N(O)C3(C)C)c(=O)c1Cc1ccc(-c2ccccc2/C(=N/N)NN)cc1. The zero-order valence-corrected chi connectivity index (χ0v) is 25.1. The topological polar surface area (TPSA) is 135 Å². The maximum absolute atomic E-state index is 13.8. The Morgan fingerprint density at radius 1 is 1.07 bits per heavy atom. The summed E-state index contributed by atoms with van der Waals surface area (Å²) < 4.78 is 1.76. The molecular weight excluding hydrogens is 534 g/mol. The van der Waals surface area contributed by atoms with Crippen LogP contribution in [0.3, 0.4) is 0 Å². The van der Waals surface area contributed by atoms with E-state index in [0.29, 0.717) is 30.2 Å². The van der Waals surface area contributed by atoms with Crippen molar-refractivity contribution in [3.63, 3.8) is 0 Å². The highest BCUT2D eigenvalue weighted by molar-refractivity contribution is 7.12. The highest BCUT2D eigenvalue weighted by Crippen LogP contribution is 2.51. The van der Waals surface area contributed by atoms with Gasteiger partial charge >= 0.3 is 0 Å². The van der Waals surface area contributed by atoms with E-state index in [-0.39, 0.29) is 5.56 Å². The normalized spacial score (nSPS) is 16.1. The number of aromatic nitrogens is 2. The fourth-order valence-electron chi connectivity index (χ4n) is 5.85. The first-order chi connectivity index (χ1) is 19.4. The summed E-state index contributed by atoms with van der Waals surface area (Å²) in [5.74, 6) is 12.2. The number of nitrogens with zero attached hydrogens (tertiary/aromatic N) is 4. The lowest BCUT2D eigenvalue weighted by atomic mass is 9.96. The number of hydrogen-bond acceptors (Lipinski definition) is 8. The summed E-state index contributed by atoms with van der Waals surface area (Å²) in [5, 5.41) is 16.0. The standard InChI is InChI=1S/C31H37N7O2S/c1-18-25(15-20-11-13-21(14-12-20)23-9-7-8-10-24(23)28(35-32)36-33)29(39)37(19(2)34-18)17-22-16-26-27(41-22)31(5,6)38(40)30(26,3)4/h7-14,16,40H,15,17,32-33H2,1-6H3,(H,35,36). The van der Waals surface area contributed by atoms with Gasteiger partial charge in [-0.2, -0.15) is 10.2 Å². The van der Waals surface area contributed by atoms with E-state index >= 15 is 0 Å². The molecule has 0 saturated heterocycles. The van der Waals surface area contributed by atoms with E-state index < -0.39 is 11.1 Å². The van der Waals surface area contributed by atoms with Crippen LogP contribution in [-0.4, -0.2) is 25.7 Å². The van der Waals surface area contributed by atoms with Crippen molar-refractivity contribution in [1.29, 1.82) is 0 Å². The van der Waals surface area contributed by atoms with E-state index in [0.717, 1.165) is 43.3 Å². The first-order valence-electron chi connectivity index (χ1n) is 13.5. The third kappa shape index (κ3) is 4.87. The molecule has 1 aliphatic rings. The summed E-state index contributed by atoms with van der Waals surface area (Å²) in [4.78, 5) is 20.8. The number of hydrazone groups is 1. The summed E-state index contributed by atoms with van der Waals surface area (Å²) in [6.45, 7) is 12.3. The van der Waals surface area contributed by atoms with Gasteiger partial charge in [-0.05, 0) is 69.9 Å². The average molecular weight is 572 g/mol. The average Bonchev–Trinajstić information content (AvgIpc) is 3.44. The molecule has 1 aliphatic heterocycles. The van der Waals surface area contributed by atoms with Gasteiger partial charge in [-0.25, -0.2) is 10.8 Å². The Labute approximate surface area is 244 Å². The number of fused-ring (bicyclic) bond motifs is 1. The molecule has 10 heteroatoms. The van der Waals surface area contributed by atoms with Gasteiger partial charge in [0.2, 0.25) is 0 Å². The number of hydrogen-bond donors (Lipinski definition) is 4. The van der Waals surface area contributed by atoms with Crippen molar-refractivity contribution in [3.8, 4) is 11.1 Å². The number of benzene rings is 2. The second-order valence-corrected chi connectivity index (χ2v) is 12.7. The maximum Gasteiger partial charge on any atom is 0.257 e. The van der Waals surface area contributed by atoms with Crippen molar-refractivity contribution in [2.75, 3.05) is 0 Å². The number of hydroxylamine groups is 2. The van der Waals surface area contributed by atoms with E-state index in [2.05, 4.69) is 16.6 Å². The fourth-order valence-corrected chi connectivity index (χ4v) is 7.24. The molecule has 0 saturated carbocycles. The highest BCUT2D eigenvalue weighted by atomic mass is 32.1. The van der Waals surface area contributed by atoms with Crippen LogP contribution in [0.15, 0.2) is 64.5 Å². The molecule has 6 N–H and O–H groups in total. The van der Waals surface area contributed by atoms with Crippen LogP contribution >= 0.6 is 11.3 Å². The van der Waals surface area contributed by atoms with Crippen molar-refractivity contribution in [3.05, 3.63) is 108 Å². The molecule has 0 amide bonds. The van der Waals surface area contributed by atoms with Crippen LogP contribution in [0.2, 0.25) is 0 Å². The van der Waals surface area contributed by atoms with Gasteiger partial charge in [0.25, 0.3) is 5.56 Å². The number of rotatable bonds is 6. The minimum atomic E-state index is -0.504. The number of nitrogens with two attached hydrogens (primary N) is 2. The molecule has 5 rings (SSSR count). The van der Waals surface area contributed by atoms with Crippen LogP contribution in [0.25, 0.3) is 11.1 Å². The van der Waals surface area contributed by atoms with Crippen LogP contribution in [-0.2, 0) is 24.0 Å². The molecule has 0 unspecified atom stereocenters. The number of aryl methyl sites for hydroxylation is 2. The summed E-state index contributed by atoms with van der Waals surface area (Å²) in [7, 11) is 0. The van der Waals surface area contributed by atoms with E-state index in [9.17, 15) is 10.0 Å². The van der Waals surface area contributed by atoms with Gasteiger partial charge in [-0.1, -0.05) is 48.5 Å². The van der Waals surface area contributed by atoms with E-state index in [1.165, 1.54) is 5.06 Å². The van der Waals surface area contributed by atoms with Crippen molar-refractivity contribution < 1.29 is 5.21 Å². The molecule has 0 radical (unpaired) electrons. The second kappa shape index (κ2) is 10.5. The molecule has 0 fully saturated rings. The zero-order chi connectivity index (χ0) is 29.7. The summed E-state index contributed by atoms with van der Waals surface area (Å²) in [6, 6.07) is 18.0. The van der Waals surface area contributed by atoms with E-state index in [1.807, 2.05) is 90.1 Å². The molecular formula is C31H37N7O2S. The Balaban J connectivity index is 1.44. The highest BCUT2D eigenvalue weighted by Gasteiger charge is 2.50. The molecule has 9 nitrogen and oxygen atoms in total. The lowest BCUT2D eigenvalue weighted by molar-refractivity contribution is -0.215. The van der Waals surface area contributed by atoms with E-state index in [1.54, 1.807) is 15.9 Å². The molecule has 214 valence electrons. The quantitative estimate of drug-likeness (QED) is 0.116. The van der Waals surface area contributed by atoms with Gasteiger partial charge in [-0.3, -0.25) is 9.36 Å². The molecule has 0 spiro atoms. The number of hydrazine groups is 1. The largest absolute Gasteiger partial charge is 0.321 e. The third-order valence-electron chi connectivity index (χ3n) is 8.12. The fraction of sp³-hybridized carbons (Fsp3) is 0.323. The van der Waals surface area contributed by atoms with Gasteiger partial charge in [0, 0.05) is 33.0 Å². The smallest absolute Gasteiger partial charge is 0.257 e. The van der Waals surface area contributed by atoms with Crippen LogP contribution in [0.5, 0.6) is 0 Å². The first-order valence-corrected chi connectivity index (χ1v) is 14.3. The first kappa shape index (κ1) is 28.7. The van der Waals surface area contributed by atoms with Gasteiger partial charge in [-0.15, -0.1) is 11.3 Å².